The third-order valence-corrected chi connectivity index (χ3v) is 7.88. The maximum absolute atomic E-state index is 12.4. The predicted molar refractivity (Wildman–Crippen MR) is 148 cm³/mol. The number of carbonyl (C=O) groups is 1. The average Bonchev–Trinajstić information content (AvgIpc) is 3.58. The van der Waals surface area contributed by atoms with Crippen molar-refractivity contribution in [1.82, 2.24) is 9.29 Å². The number of methoxy groups -OCH3 is 1. The van der Waals surface area contributed by atoms with Crippen LogP contribution in [-0.2, 0) is 17.1 Å². The molecule has 1 aromatic heterocycles. The monoisotopic (exact) mass is 509 g/mol. The molecule has 0 bridgehead atoms. The first-order chi connectivity index (χ1) is 17.3. The van der Waals surface area contributed by atoms with Crippen molar-refractivity contribution in [2.75, 3.05) is 14.2 Å². The molecule has 3 unspecified atom stereocenters. The number of rotatable bonds is 4. The molecule has 3 atom stereocenters. The van der Waals surface area contributed by atoms with Gasteiger partial charge in [0.25, 0.3) is 0 Å². The zero-order chi connectivity index (χ0) is 25.9. The molecule has 194 valence electrons. The number of hydrogen-bond donors (Lipinski definition) is 4. The second-order valence-electron chi connectivity index (χ2n) is 10.5. The van der Waals surface area contributed by atoms with Gasteiger partial charge in [0.2, 0.25) is 0 Å². The van der Waals surface area contributed by atoms with E-state index in [1.165, 1.54) is 54.5 Å². The highest BCUT2D eigenvalue weighted by molar-refractivity contribution is 7.78. The molecule has 1 aliphatic heterocycles. The van der Waals surface area contributed by atoms with Crippen molar-refractivity contribution in [1.29, 1.82) is 0 Å². The van der Waals surface area contributed by atoms with Gasteiger partial charge in [-0.05, 0) is 86.0 Å². The molecule has 0 saturated heterocycles. The summed E-state index contributed by atoms with van der Waals surface area (Å²) in [5.41, 5.74) is 9.70. The summed E-state index contributed by atoms with van der Waals surface area (Å²) in [6, 6.07) is 14.3. The van der Waals surface area contributed by atoms with Gasteiger partial charge in [0.15, 0.2) is 0 Å². The third kappa shape index (κ3) is 5.35. The minimum atomic E-state index is -1.45. The lowest BCUT2D eigenvalue weighted by Gasteiger charge is -2.26. The fourth-order valence-electron chi connectivity index (χ4n) is 5.89. The first kappa shape index (κ1) is 26.7. The normalized spacial score (nSPS) is 23.8. The molecule has 3 aliphatic rings. The smallest absolute Gasteiger partial charge is 0.136 e. The van der Waals surface area contributed by atoms with Gasteiger partial charge in [0, 0.05) is 18.3 Å². The molecule has 7 heteroatoms. The third-order valence-electron chi connectivity index (χ3n) is 7.88. The number of aldehydes is 1. The van der Waals surface area contributed by atoms with Crippen LogP contribution in [0.5, 0.6) is 5.75 Å². The summed E-state index contributed by atoms with van der Waals surface area (Å²) in [4.78, 5) is 12.4. The summed E-state index contributed by atoms with van der Waals surface area (Å²) in [5.74, 6) is 1.48. The topological polar surface area (TPSA) is 89.5 Å². The summed E-state index contributed by atoms with van der Waals surface area (Å²) < 4.78 is 10.2. The number of aliphatic hydroxyl groups is 1. The maximum atomic E-state index is 12.4. The molecule has 2 fully saturated rings. The Labute approximate surface area is 220 Å². The SMILES string of the molecule is CNS.COc1ccc2c(c1)C1CC1(C=O)Cn1ccc(C(C)(N)O)cccc(C3CCCCC3)c1-2. The van der Waals surface area contributed by atoms with Crippen LogP contribution in [0.1, 0.15) is 74.0 Å². The Bertz CT molecular complexity index is 1150. The highest BCUT2D eigenvalue weighted by atomic mass is 32.1. The molecule has 2 aliphatic carbocycles. The van der Waals surface area contributed by atoms with Gasteiger partial charge in [-0.1, -0.05) is 50.3 Å². The second kappa shape index (κ2) is 11.0. The van der Waals surface area contributed by atoms with Crippen LogP contribution in [0.4, 0.5) is 0 Å². The molecule has 5 rings (SSSR count). The molecule has 2 aromatic rings. The van der Waals surface area contributed by atoms with Gasteiger partial charge in [0.05, 0.1) is 18.2 Å². The van der Waals surface area contributed by atoms with Gasteiger partial charge >= 0.3 is 0 Å². The zero-order valence-electron chi connectivity index (χ0n) is 21.5. The van der Waals surface area contributed by atoms with Crippen LogP contribution in [0.15, 0.2) is 48.7 Å². The van der Waals surface area contributed by atoms with Crippen LogP contribution >= 0.6 is 12.8 Å². The van der Waals surface area contributed by atoms with Crippen LogP contribution in [0.3, 0.4) is 0 Å². The van der Waals surface area contributed by atoms with E-state index in [0.717, 1.165) is 18.5 Å². The fraction of sp³-hybridized carbons (Fsp3) is 0.483. The number of ether oxygens (including phenoxy) is 1. The lowest BCUT2D eigenvalue weighted by molar-refractivity contribution is -0.112. The second-order valence-corrected chi connectivity index (χ2v) is 10.9. The Morgan fingerprint density at radius 1 is 1.19 bits per heavy atom. The molecule has 2 saturated carbocycles. The quantitative estimate of drug-likeness (QED) is 0.259. The number of fused-ring (bicyclic) bond motifs is 5. The number of carbonyl (C=O) groups excluding carboxylic acids is 1. The zero-order valence-corrected chi connectivity index (χ0v) is 22.4. The number of nitrogens with two attached hydrogens (primary N) is 1. The number of hydrogen-bond acceptors (Lipinski definition) is 6. The van der Waals surface area contributed by atoms with Gasteiger partial charge in [-0.15, -0.1) is 0 Å². The number of thiol groups is 1. The van der Waals surface area contributed by atoms with Gasteiger partial charge in [-0.2, -0.15) is 0 Å². The predicted octanol–water partition coefficient (Wildman–Crippen LogP) is 5.20. The Hall–Kier alpha value is -2.32. The minimum absolute atomic E-state index is 0.195. The Morgan fingerprint density at radius 2 is 1.92 bits per heavy atom. The van der Waals surface area contributed by atoms with E-state index in [-0.39, 0.29) is 5.92 Å². The molecule has 0 amide bonds. The van der Waals surface area contributed by atoms with E-state index in [2.05, 4.69) is 40.3 Å². The van der Waals surface area contributed by atoms with Crippen LogP contribution in [0.2, 0.25) is 0 Å². The maximum Gasteiger partial charge on any atom is 0.136 e. The van der Waals surface area contributed by atoms with Gasteiger partial charge in [-0.3, -0.25) is 4.72 Å². The lowest BCUT2D eigenvalue weighted by atomic mass is 9.82. The van der Waals surface area contributed by atoms with E-state index in [9.17, 15) is 9.90 Å². The van der Waals surface area contributed by atoms with E-state index >= 15 is 0 Å². The van der Waals surface area contributed by atoms with E-state index in [1.54, 1.807) is 21.1 Å². The van der Waals surface area contributed by atoms with Crippen molar-refractivity contribution in [3.63, 3.8) is 0 Å². The lowest BCUT2D eigenvalue weighted by Crippen LogP contribution is -2.31. The van der Waals surface area contributed by atoms with Gasteiger partial charge in [-0.25, -0.2) is 0 Å². The average molecular weight is 510 g/mol. The van der Waals surface area contributed by atoms with E-state index in [1.807, 2.05) is 30.5 Å². The van der Waals surface area contributed by atoms with E-state index in [0.29, 0.717) is 18.0 Å². The van der Waals surface area contributed by atoms with Crippen LogP contribution < -0.4 is 15.2 Å². The highest BCUT2D eigenvalue weighted by Crippen LogP contribution is 2.63. The Morgan fingerprint density at radius 3 is 2.56 bits per heavy atom. The largest absolute Gasteiger partial charge is 0.497 e. The van der Waals surface area contributed by atoms with E-state index < -0.39 is 11.1 Å². The van der Waals surface area contributed by atoms with Crippen molar-refractivity contribution in [2.24, 2.45) is 11.1 Å². The summed E-state index contributed by atoms with van der Waals surface area (Å²) in [6.07, 6.45) is 10.1. The first-order valence-electron chi connectivity index (χ1n) is 12.8. The molecular weight excluding hydrogens is 470 g/mol. The molecule has 36 heavy (non-hydrogen) atoms. The number of nitrogens with zero attached hydrogens (tertiary/aromatic N) is 1. The number of nitrogens with one attached hydrogen (secondary N) is 1. The molecular formula is C29H39N3O3S. The van der Waals surface area contributed by atoms with Crippen molar-refractivity contribution in [3.8, 4) is 17.0 Å². The Balaban J connectivity index is 0.000000967. The van der Waals surface area contributed by atoms with Gasteiger partial charge in [0.1, 0.15) is 17.8 Å². The molecule has 4 N–H and O–H groups in total. The molecule has 6 nitrogen and oxygen atoms in total. The minimum Gasteiger partial charge on any atom is -0.497 e. The summed E-state index contributed by atoms with van der Waals surface area (Å²) in [7, 11) is 3.43. The Kier molecular flexibility index (Phi) is 8.15. The van der Waals surface area contributed by atoms with Crippen LogP contribution in [-0.4, -0.2) is 30.1 Å². The summed E-state index contributed by atoms with van der Waals surface area (Å²) in [6.45, 7) is 2.22. The molecule has 0 radical (unpaired) electrons. The van der Waals surface area contributed by atoms with Crippen molar-refractivity contribution in [2.45, 2.75) is 69.6 Å². The number of aromatic nitrogens is 1. The van der Waals surface area contributed by atoms with Crippen molar-refractivity contribution in [3.05, 3.63) is 65.4 Å². The van der Waals surface area contributed by atoms with Crippen LogP contribution in [0, 0.1) is 5.41 Å². The molecule has 0 spiro atoms. The van der Waals surface area contributed by atoms with Gasteiger partial charge < -0.3 is 24.9 Å². The van der Waals surface area contributed by atoms with Crippen LogP contribution in [0.25, 0.3) is 11.3 Å². The fourth-order valence-corrected chi connectivity index (χ4v) is 5.89. The standard InChI is InChI=1S/C28H34N2O3.CH5NS/c1-27(29,32)20-9-6-10-22(19-7-4-3-5-8-19)26-23-12-11-21(33-2)15-24(23)25-16-28(25,18-31)17-30(26)14-13-20;1-2-3/h6,9-15,18-19,25,32H,3-5,7-8,16-17,29H2,1-2H3;2-3H,1H3. The number of benzene rings is 1. The highest BCUT2D eigenvalue weighted by Gasteiger charge is 2.57. The van der Waals surface area contributed by atoms with Crippen molar-refractivity contribution >= 4 is 19.1 Å². The summed E-state index contributed by atoms with van der Waals surface area (Å²) >= 11 is 3.54. The first-order valence-corrected chi connectivity index (χ1v) is 13.3. The van der Waals surface area contributed by atoms with E-state index in [4.69, 9.17) is 10.5 Å². The summed E-state index contributed by atoms with van der Waals surface area (Å²) in [5, 5.41) is 10.5. The molecule has 2 heterocycles. The van der Waals surface area contributed by atoms with Crippen molar-refractivity contribution < 1.29 is 14.6 Å². The molecule has 1 aromatic carbocycles.